The van der Waals surface area contributed by atoms with Crippen LogP contribution in [0.4, 0.5) is 4.48 Å². The second kappa shape index (κ2) is 1.78. The minimum atomic E-state index is 0.574. The van der Waals surface area contributed by atoms with Crippen LogP contribution in [-0.4, -0.2) is 18.2 Å². The van der Waals surface area contributed by atoms with Crippen molar-refractivity contribution in [2.45, 2.75) is 13.3 Å². The summed E-state index contributed by atoms with van der Waals surface area (Å²) < 4.78 is 12.0. The molecule has 1 aliphatic rings. The Kier molecular flexibility index (Phi) is 1.28. The van der Waals surface area contributed by atoms with Crippen LogP contribution in [0.2, 0.25) is 0 Å². The molecule has 0 unspecified atom stereocenters. The van der Waals surface area contributed by atoms with Crippen LogP contribution in [-0.2, 0) is 0 Å². The van der Waals surface area contributed by atoms with Crippen molar-refractivity contribution < 1.29 is 4.48 Å². The molecule has 0 aromatic heterocycles. The average molecular weight is 103 g/mol. The second-order valence-electron chi connectivity index (χ2n) is 2.26. The third kappa shape index (κ3) is 1.13. The lowest BCUT2D eigenvalue weighted by Crippen LogP contribution is -2.06. The number of hydrogen-bond acceptors (Lipinski definition) is 1. The molecule has 0 N–H and O–H groups in total. The third-order valence-electron chi connectivity index (χ3n) is 1.37. The molecule has 0 spiro atoms. The van der Waals surface area contributed by atoms with E-state index >= 15 is 0 Å². The quantitative estimate of drug-likeness (QED) is 0.416. The predicted molar refractivity (Wildman–Crippen MR) is 26.5 cm³/mol. The van der Waals surface area contributed by atoms with Crippen molar-refractivity contribution in [3.05, 3.63) is 0 Å². The normalized spacial score (nSPS) is 34.3. The lowest BCUT2D eigenvalue weighted by Gasteiger charge is -1.97. The van der Waals surface area contributed by atoms with Gasteiger partial charge in [-0.3, -0.25) is 0 Å². The molecule has 0 aromatic carbocycles. The maximum atomic E-state index is 12.0. The van der Waals surface area contributed by atoms with E-state index in [2.05, 4.69) is 6.92 Å². The lowest BCUT2D eigenvalue weighted by molar-refractivity contribution is 0.0531. The van der Waals surface area contributed by atoms with Gasteiger partial charge in [-0.2, -0.15) is 0 Å². The monoisotopic (exact) mass is 103 g/mol. The molecule has 1 atom stereocenters. The summed E-state index contributed by atoms with van der Waals surface area (Å²) in [6.45, 7) is 3.35. The first-order valence-electron chi connectivity index (χ1n) is 2.70. The highest BCUT2D eigenvalue weighted by atomic mass is 19.2. The summed E-state index contributed by atoms with van der Waals surface area (Å²) in [5.74, 6) is 0.574. The predicted octanol–water partition coefficient (Wildman–Crippen LogP) is 1.21. The van der Waals surface area contributed by atoms with Crippen LogP contribution in [0, 0.1) is 5.92 Å². The lowest BCUT2D eigenvalue weighted by atomic mass is 10.2. The average Bonchev–Trinajstić information content (AvgIpc) is 1.87. The maximum absolute atomic E-state index is 12.0. The Balaban J connectivity index is 2.26. The van der Waals surface area contributed by atoms with E-state index in [1.165, 1.54) is 0 Å². The number of rotatable bonds is 0. The Morgan fingerprint density at radius 3 is 2.57 bits per heavy atom. The van der Waals surface area contributed by atoms with Crippen molar-refractivity contribution in [3.8, 4) is 0 Å². The zero-order chi connectivity index (χ0) is 5.28. The van der Waals surface area contributed by atoms with E-state index in [1.807, 2.05) is 0 Å². The van der Waals surface area contributed by atoms with Crippen LogP contribution in [0.15, 0.2) is 0 Å². The van der Waals surface area contributed by atoms with Crippen molar-refractivity contribution >= 4 is 0 Å². The second-order valence-corrected chi connectivity index (χ2v) is 2.26. The number of halogens is 1. The van der Waals surface area contributed by atoms with E-state index in [0.717, 1.165) is 11.5 Å². The molecule has 0 saturated carbocycles. The van der Waals surface area contributed by atoms with Gasteiger partial charge in [-0.05, 0) is 12.3 Å². The number of hydrogen-bond donors (Lipinski definition) is 0. The molecule has 0 aromatic rings. The zero-order valence-corrected chi connectivity index (χ0v) is 4.52. The Labute approximate surface area is 43.1 Å². The van der Waals surface area contributed by atoms with Gasteiger partial charge in [-0.15, -0.1) is 9.60 Å². The Hall–Kier alpha value is -0.110. The van der Waals surface area contributed by atoms with E-state index in [4.69, 9.17) is 0 Å². The summed E-state index contributed by atoms with van der Waals surface area (Å²) >= 11 is 0. The highest BCUT2D eigenvalue weighted by molar-refractivity contribution is 4.64. The molecule has 0 bridgehead atoms. The SMILES string of the molecule is C[C@@H]1CCN(F)C1. The molecule has 0 amide bonds. The molecular weight excluding hydrogens is 93.1 g/mol. The largest absolute Gasteiger partial charge is 0.146 e. The minimum Gasteiger partial charge on any atom is -0.146 e. The fourth-order valence-corrected chi connectivity index (χ4v) is 0.881. The molecule has 1 heterocycles. The molecule has 42 valence electrons. The molecular formula is C5H10FN. The van der Waals surface area contributed by atoms with Crippen molar-refractivity contribution in [3.63, 3.8) is 0 Å². The van der Waals surface area contributed by atoms with Gasteiger partial charge in [-0.1, -0.05) is 6.92 Å². The fourth-order valence-electron chi connectivity index (χ4n) is 0.881. The molecule has 0 aliphatic carbocycles. The summed E-state index contributed by atoms with van der Waals surface area (Å²) in [4.78, 5) is 0. The van der Waals surface area contributed by atoms with Crippen LogP contribution < -0.4 is 0 Å². The van der Waals surface area contributed by atoms with Crippen LogP contribution in [0.25, 0.3) is 0 Å². The molecule has 1 rings (SSSR count). The fraction of sp³-hybridized carbons (Fsp3) is 1.00. The molecule has 7 heavy (non-hydrogen) atoms. The topological polar surface area (TPSA) is 3.24 Å². The van der Waals surface area contributed by atoms with Crippen LogP contribution in [0.5, 0.6) is 0 Å². The maximum Gasteiger partial charge on any atom is 0.0316 e. The van der Waals surface area contributed by atoms with E-state index in [9.17, 15) is 4.48 Å². The summed E-state index contributed by atoms with van der Waals surface area (Å²) in [5.41, 5.74) is 0. The van der Waals surface area contributed by atoms with Crippen molar-refractivity contribution in [1.29, 1.82) is 0 Å². The highest BCUT2D eigenvalue weighted by Gasteiger charge is 2.16. The molecule has 1 aliphatic heterocycles. The van der Waals surface area contributed by atoms with Crippen LogP contribution in [0.3, 0.4) is 0 Å². The first kappa shape index (κ1) is 5.04. The standard InChI is InChI=1S/C5H10FN/c1-5-2-3-7(6)4-5/h5H,2-4H2,1H3/t5-/m1/s1. The van der Waals surface area contributed by atoms with Crippen molar-refractivity contribution in [1.82, 2.24) is 5.12 Å². The minimum absolute atomic E-state index is 0.574. The van der Waals surface area contributed by atoms with E-state index in [0.29, 0.717) is 19.0 Å². The number of nitrogens with zero attached hydrogens (tertiary/aromatic N) is 1. The smallest absolute Gasteiger partial charge is 0.0316 e. The van der Waals surface area contributed by atoms with Gasteiger partial charge in [0.2, 0.25) is 0 Å². The Bertz CT molecular complexity index is 57.1. The van der Waals surface area contributed by atoms with Gasteiger partial charge in [0.05, 0.1) is 0 Å². The Morgan fingerprint density at radius 1 is 1.71 bits per heavy atom. The van der Waals surface area contributed by atoms with Gasteiger partial charge in [0.1, 0.15) is 0 Å². The van der Waals surface area contributed by atoms with Gasteiger partial charge in [0.15, 0.2) is 0 Å². The summed E-state index contributed by atoms with van der Waals surface area (Å²) in [6, 6.07) is 0. The van der Waals surface area contributed by atoms with Crippen LogP contribution >= 0.6 is 0 Å². The molecule has 2 heteroatoms. The van der Waals surface area contributed by atoms with E-state index in [1.54, 1.807) is 0 Å². The zero-order valence-electron chi connectivity index (χ0n) is 4.52. The summed E-state index contributed by atoms with van der Waals surface area (Å²) in [7, 11) is 0. The van der Waals surface area contributed by atoms with Crippen LogP contribution in [0.1, 0.15) is 13.3 Å². The van der Waals surface area contributed by atoms with Gasteiger partial charge >= 0.3 is 0 Å². The molecule has 1 saturated heterocycles. The first-order chi connectivity index (χ1) is 3.29. The third-order valence-corrected chi connectivity index (χ3v) is 1.37. The summed E-state index contributed by atoms with van der Waals surface area (Å²) in [5, 5.41) is 0.880. The van der Waals surface area contributed by atoms with Gasteiger partial charge in [0.25, 0.3) is 0 Å². The molecule has 0 radical (unpaired) electrons. The highest BCUT2D eigenvalue weighted by Crippen LogP contribution is 2.13. The van der Waals surface area contributed by atoms with Crippen molar-refractivity contribution in [2.24, 2.45) is 5.92 Å². The first-order valence-corrected chi connectivity index (χ1v) is 2.70. The Morgan fingerprint density at radius 2 is 2.43 bits per heavy atom. The molecule has 1 fully saturated rings. The van der Waals surface area contributed by atoms with Gasteiger partial charge in [0, 0.05) is 13.1 Å². The van der Waals surface area contributed by atoms with E-state index < -0.39 is 0 Å². The van der Waals surface area contributed by atoms with Gasteiger partial charge < -0.3 is 0 Å². The van der Waals surface area contributed by atoms with Gasteiger partial charge in [-0.25, -0.2) is 0 Å². The van der Waals surface area contributed by atoms with E-state index in [-0.39, 0.29) is 0 Å². The molecule has 1 nitrogen and oxygen atoms in total. The summed E-state index contributed by atoms with van der Waals surface area (Å²) in [6.07, 6.45) is 1.02. The van der Waals surface area contributed by atoms with Crippen molar-refractivity contribution in [2.75, 3.05) is 13.1 Å².